The van der Waals surface area contributed by atoms with Gasteiger partial charge in [-0.05, 0) is 39.2 Å². The first-order chi connectivity index (χ1) is 8.09. The molecule has 2 unspecified atom stereocenters. The third-order valence-corrected chi connectivity index (χ3v) is 5.24. The largest absolute Gasteiger partial charge is 0.377 e. The average molecular weight is 263 g/mol. The van der Waals surface area contributed by atoms with Gasteiger partial charge in [0.2, 0.25) is 0 Å². The van der Waals surface area contributed by atoms with Crippen LogP contribution in [0, 0.1) is 0 Å². The molecular formula is C12H25NO3S. The molecule has 0 aromatic heterocycles. The fourth-order valence-electron chi connectivity index (χ4n) is 2.27. The maximum absolute atomic E-state index is 11.4. The molecule has 0 aromatic rings. The van der Waals surface area contributed by atoms with Crippen molar-refractivity contribution in [3.63, 3.8) is 0 Å². The van der Waals surface area contributed by atoms with Crippen molar-refractivity contribution in [3.8, 4) is 0 Å². The summed E-state index contributed by atoms with van der Waals surface area (Å²) in [6.45, 7) is 2.55. The minimum Gasteiger partial charge on any atom is -0.377 e. The quantitative estimate of drug-likeness (QED) is 0.753. The zero-order valence-corrected chi connectivity index (χ0v) is 11.8. The average Bonchev–Trinajstić information content (AvgIpc) is 2.36. The Morgan fingerprint density at radius 2 is 2.18 bits per heavy atom. The highest BCUT2D eigenvalue weighted by molar-refractivity contribution is 7.91. The van der Waals surface area contributed by atoms with Gasteiger partial charge in [-0.1, -0.05) is 6.92 Å². The van der Waals surface area contributed by atoms with Crippen molar-refractivity contribution in [1.29, 1.82) is 0 Å². The summed E-state index contributed by atoms with van der Waals surface area (Å²) in [5.74, 6) is 0.547. The van der Waals surface area contributed by atoms with Crippen molar-refractivity contribution in [2.24, 2.45) is 0 Å². The molecule has 0 saturated carbocycles. The summed E-state index contributed by atoms with van der Waals surface area (Å²) in [4.78, 5) is 0. The summed E-state index contributed by atoms with van der Waals surface area (Å²) in [5.41, 5.74) is 0. The van der Waals surface area contributed by atoms with Crippen LogP contribution in [0.5, 0.6) is 0 Å². The van der Waals surface area contributed by atoms with E-state index in [-0.39, 0.29) is 11.9 Å². The number of hydrogen-bond acceptors (Lipinski definition) is 4. The van der Waals surface area contributed by atoms with Crippen LogP contribution in [0.1, 0.15) is 39.0 Å². The fourth-order valence-corrected chi connectivity index (χ4v) is 3.16. The molecule has 0 aromatic carbocycles. The van der Waals surface area contributed by atoms with Crippen LogP contribution >= 0.6 is 0 Å². The Labute approximate surface area is 105 Å². The van der Waals surface area contributed by atoms with Gasteiger partial charge in [-0.25, -0.2) is 8.42 Å². The van der Waals surface area contributed by atoms with E-state index in [4.69, 9.17) is 4.74 Å². The van der Waals surface area contributed by atoms with Gasteiger partial charge in [0.05, 0.1) is 11.9 Å². The summed E-state index contributed by atoms with van der Waals surface area (Å²) in [6.07, 6.45) is 5.32. The third kappa shape index (κ3) is 5.36. The second-order valence-corrected chi connectivity index (χ2v) is 7.15. The zero-order valence-electron chi connectivity index (χ0n) is 10.9. The van der Waals surface area contributed by atoms with E-state index in [1.807, 2.05) is 7.05 Å². The normalized spacial score (nSPS) is 23.5. The van der Waals surface area contributed by atoms with Crippen LogP contribution in [0.3, 0.4) is 0 Å². The molecule has 102 valence electrons. The molecular weight excluding hydrogens is 238 g/mol. The topological polar surface area (TPSA) is 55.4 Å². The standard InChI is InChI=1S/C12H25NO3S/c1-3-17(14,15)10-6-7-11(13-2)12-8-4-5-9-16-12/h11-13H,3-10H2,1-2H3. The third-order valence-electron chi connectivity index (χ3n) is 3.44. The summed E-state index contributed by atoms with van der Waals surface area (Å²) >= 11 is 0. The fraction of sp³-hybridized carbons (Fsp3) is 1.00. The molecule has 0 bridgehead atoms. The van der Waals surface area contributed by atoms with Crippen LogP contribution in [-0.2, 0) is 14.6 Å². The molecule has 0 spiro atoms. The molecule has 1 aliphatic heterocycles. The van der Waals surface area contributed by atoms with E-state index in [0.717, 1.165) is 32.3 Å². The summed E-state index contributed by atoms with van der Waals surface area (Å²) < 4.78 is 28.5. The van der Waals surface area contributed by atoms with Crippen LogP contribution in [0.2, 0.25) is 0 Å². The van der Waals surface area contributed by atoms with Gasteiger partial charge in [0.25, 0.3) is 0 Å². The minimum absolute atomic E-state index is 0.247. The van der Waals surface area contributed by atoms with Crippen LogP contribution < -0.4 is 5.32 Å². The van der Waals surface area contributed by atoms with Crippen molar-refractivity contribution in [1.82, 2.24) is 5.32 Å². The van der Waals surface area contributed by atoms with Crippen LogP contribution in [0.15, 0.2) is 0 Å². The van der Waals surface area contributed by atoms with E-state index < -0.39 is 9.84 Å². The molecule has 5 heteroatoms. The van der Waals surface area contributed by atoms with Crippen molar-refractivity contribution >= 4 is 9.84 Å². The predicted octanol–water partition coefficient (Wildman–Crippen LogP) is 1.36. The molecule has 1 N–H and O–H groups in total. The molecule has 1 fully saturated rings. The lowest BCUT2D eigenvalue weighted by atomic mass is 9.99. The van der Waals surface area contributed by atoms with Crippen molar-refractivity contribution in [2.75, 3.05) is 25.2 Å². The summed E-state index contributed by atoms with van der Waals surface area (Å²) in [7, 11) is -0.895. The maximum Gasteiger partial charge on any atom is 0.150 e. The molecule has 4 nitrogen and oxygen atoms in total. The Morgan fingerprint density at radius 3 is 2.71 bits per heavy atom. The maximum atomic E-state index is 11.4. The molecule has 1 aliphatic rings. The first kappa shape index (κ1) is 14.9. The van der Waals surface area contributed by atoms with Gasteiger partial charge in [0, 0.05) is 18.4 Å². The molecule has 1 heterocycles. The number of nitrogens with one attached hydrogen (secondary N) is 1. The number of likely N-dealkylation sites (N-methyl/N-ethyl adjacent to an activating group) is 1. The number of sulfone groups is 1. The van der Waals surface area contributed by atoms with E-state index >= 15 is 0 Å². The molecule has 0 radical (unpaired) electrons. The lowest BCUT2D eigenvalue weighted by Gasteiger charge is -2.30. The molecule has 0 aliphatic carbocycles. The van der Waals surface area contributed by atoms with Gasteiger partial charge >= 0.3 is 0 Å². The van der Waals surface area contributed by atoms with Crippen LogP contribution in [0.4, 0.5) is 0 Å². The van der Waals surface area contributed by atoms with Gasteiger partial charge in [-0.15, -0.1) is 0 Å². The van der Waals surface area contributed by atoms with Gasteiger partial charge in [-0.2, -0.15) is 0 Å². The number of hydrogen-bond donors (Lipinski definition) is 1. The van der Waals surface area contributed by atoms with Gasteiger partial charge in [0.15, 0.2) is 0 Å². The van der Waals surface area contributed by atoms with Gasteiger partial charge in [0.1, 0.15) is 9.84 Å². The molecule has 1 rings (SSSR count). The van der Waals surface area contributed by atoms with Crippen LogP contribution in [0.25, 0.3) is 0 Å². The zero-order chi connectivity index (χ0) is 12.7. The molecule has 0 amide bonds. The van der Waals surface area contributed by atoms with Gasteiger partial charge in [-0.3, -0.25) is 0 Å². The van der Waals surface area contributed by atoms with Crippen molar-refractivity contribution in [2.45, 2.75) is 51.2 Å². The number of rotatable bonds is 7. The van der Waals surface area contributed by atoms with Crippen molar-refractivity contribution < 1.29 is 13.2 Å². The monoisotopic (exact) mass is 263 g/mol. The van der Waals surface area contributed by atoms with Crippen LogP contribution in [-0.4, -0.2) is 45.7 Å². The first-order valence-corrected chi connectivity index (χ1v) is 8.40. The highest BCUT2D eigenvalue weighted by Crippen LogP contribution is 2.18. The summed E-state index contributed by atoms with van der Waals surface area (Å²) in [6, 6.07) is 0.294. The van der Waals surface area contributed by atoms with Crippen molar-refractivity contribution in [3.05, 3.63) is 0 Å². The van der Waals surface area contributed by atoms with E-state index in [0.29, 0.717) is 11.8 Å². The SMILES string of the molecule is CCS(=O)(=O)CCCC(NC)C1CCCCO1. The Bertz CT molecular complexity index is 297. The molecule has 1 saturated heterocycles. The van der Waals surface area contributed by atoms with E-state index in [2.05, 4.69) is 5.32 Å². The second kappa shape index (κ2) is 7.34. The highest BCUT2D eigenvalue weighted by Gasteiger charge is 2.23. The Kier molecular flexibility index (Phi) is 6.44. The number of ether oxygens (including phenoxy) is 1. The second-order valence-electron chi connectivity index (χ2n) is 4.68. The van der Waals surface area contributed by atoms with E-state index in [1.165, 1.54) is 6.42 Å². The first-order valence-electron chi connectivity index (χ1n) is 6.58. The Hall–Kier alpha value is -0.130. The minimum atomic E-state index is -2.82. The smallest absolute Gasteiger partial charge is 0.150 e. The van der Waals surface area contributed by atoms with E-state index in [9.17, 15) is 8.42 Å². The summed E-state index contributed by atoms with van der Waals surface area (Å²) in [5, 5.41) is 3.26. The molecule has 2 atom stereocenters. The highest BCUT2D eigenvalue weighted by atomic mass is 32.2. The van der Waals surface area contributed by atoms with E-state index in [1.54, 1.807) is 6.92 Å². The lowest BCUT2D eigenvalue weighted by Crippen LogP contribution is -2.41. The predicted molar refractivity (Wildman–Crippen MR) is 70.0 cm³/mol. The molecule has 17 heavy (non-hydrogen) atoms. The Balaban J connectivity index is 2.31. The Morgan fingerprint density at radius 1 is 1.41 bits per heavy atom. The lowest BCUT2D eigenvalue weighted by molar-refractivity contribution is -0.00777. The van der Waals surface area contributed by atoms with Gasteiger partial charge < -0.3 is 10.1 Å².